The van der Waals surface area contributed by atoms with Gasteiger partial charge < -0.3 is 10.4 Å². The van der Waals surface area contributed by atoms with E-state index in [0.29, 0.717) is 5.13 Å². The van der Waals surface area contributed by atoms with Crippen LogP contribution in [0.15, 0.2) is 47.8 Å². The van der Waals surface area contributed by atoms with Crippen LogP contribution >= 0.6 is 11.3 Å². The summed E-state index contributed by atoms with van der Waals surface area (Å²) in [4.78, 5) is 14.8. The van der Waals surface area contributed by atoms with Gasteiger partial charge in [-0.25, -0.2) is 9.78 Å². The van der Waals surface area contributed by atoms with Gasteiger partial charge in [0.15, 0.2) is 10.8 Å². The van der Waals surface area contributed by atoms with Crippen LogP contribution < -0.4 is 5.32 Å². The molecule has 19 heavy (non-hydrogen) atoms. The number of carboxylic acid groups (broad SMARTS) is 1. The van der Waals surface area contributed by atoms with Crippen LogP contribution in [0.4, 0.5) is 10.8 Å². The average Bonchev–Trinajstić information content (AvgIpc) is 2.88. The van der Waals surface area contributed by atoms with E-state index in [2.05, 4.69) is 10.3 Å². The molecule has 2 aromatic carbocycles. The lowest BCUT2D eigenvalue weighted by Gasteiger charge is -2.06. The Morgan fingerprint density at radius 3 is 2.74 bits per heavy atom. The maximum Gasteiger partial charge on any atom is 0.355 e. The van der Waals surface area contributed by atoms with Crippen molar-refractivity contribution in [2.75, 3.05) is 5.32 Å². The highest BCUT2D eigenvalue weighted by atomic mass is 32.1. The van der Waals surface area contributed by atoms with Gasteiger partial charge in [0.05, 0.1) is 0 Å². The van der Waals surface area contributed by atoms with Crippen LogP contribution in [-0.2, 0) is 0 Å². The molecular weight excluding hydrogens is 260 g/mol. The Labute approximate surface area is 113 Å². The Kier molecular flexibility index (Phi) is 2.89. The summed E-state index contributed by atoms with van der Waals surface area (Å²) in [6.07, 6.45) is 0. The van der Waals surface area contributed by atoms with Crippen molar-refractivity contribution in [3.05, 3.63) is 53.5 Å². The van der Waals surface area contributed by atoms with Crippen molar-refractivity contribution in [2.24, 2.45) is 0 Å². The number of nitrogens with one attached hydrogen (secondary N) is 1. The molecule has 2 N–H and O–H groups in total. The van der Waals surface area contributed by atoms with Gasteiger partial charge in [-0.05, 0) is 11.5 Å². The predicted octanol–water partition coefficient (Wildman–Crippen LogP) is 3.74. The van der Waals surface area contributed by atoms with E-state index in [4.69, 9.17) is 5.11 Å². The molecule has 0 aliphatic carbocycles. The monoisotopic (exact) mass is 270 g/mol. The van der Waals surface area contributed by atoms with Crippen molar-refractivity contribution < 1.29 is 9.90 Å². The number of carbonyl (C=O) groups is 1. The molecule has 0 radical (unpaired) electrons. The van der Waals surface area contributed by atoms with E-state index in [1.807, 2.05) is 42.5 Å². The predicted molar refractivity (Wildman–Crippen MR) is 76.3 cm³/mol. The van der Waals surface area contributed by atoms with Gasteiger partial charge in [-0.2, -0.15) is 0 Å². The van der Waals surface area contributed by atoms with E-state index in [0.717, 1.165) is 16.5 Å². The summed E-state index contributed by atoms with van der Waals surface area (Å²) >= 11 is 1.28. The molecule has 0 aliphatic rings. The van der Waals surface area contributed by atoms with Crippen LogP contribution in [0.25, 0.3) is 10.8 Å². The Morgan fingerprint density at radius 1 is 1.16 bits per heavy atom. The van der Waals surface area contributed by atoms with Crippen molar-refractivity contribution >= 4 is 38.9 Å². The third-order valence-electron chi connectivity index (χ3n) is 2.75. The molecule has 5 heteroatoms. The van der Waals surface area contributed by atoms with E-state index in [-0.39, 0.29) is 5.69 Å². The largest absolute Gasteiger partial charge is 0.476 e. The molecule has 0 saturated carbocycles. The molecule has 0 fully saturated rings. The van der Waals surface area contributed by atoms with Crippen LogP contribution in [0.2, 0.25) is 0 Å². The first-order chi connectivity index (χ1) is 9.24. The third kappa shape index (κ3) is 2.28. The summed E-state index contributed by atoms with van der Waals surface area (Å²) in [6.45, 7) is 0. The van der Waals surface area contributed by atoms with E-state index in [1.165, 1.54) is 16.7 Å². The minimum Gasteiger partial charge on any atom is -0.476 e. The highest BCUT2D eigenvalue weighted by Crippen LogP contribution is 2.27. The van der Waals surface area contributed by atoms with Gasteiger partial charge in [0.25, 0.3) is 0 Å². The molecule has 0 bridgehead atoms. The summed E-state index contributed by atoms with van der Waals surface area (Å²) in [5, 5.41) is 16.3. The van der Waals surface area contributed by atoms with E-state index >= 15 is 0 Å². The minimum absolute atomic E-state index is 0.0627. The van der Waals surface area contributed by atoms with Crippen molar-refractivity contribution in [1.29, 1.82) is 0 Å². The summed E-state index contributed by atoms with van der Waals surface area (Å²) in [5.74, 6) is -1.01. The van der Waals surface area contributed by atoms with Gasteiger partial charge in [-0.3, -0.25) is 0 Å². The number of aromatic carboxylic acids is 1. The number of aromatic nitrogens is 1. The number of anilines is 2. The zero-order valence-corrected chi connectivity index (χ0v) is 10.6. The van der Waals surface area contributed by atoms with E-state index in [1.54, 1.807) is 0 Å². The normalized spacial score (nSPS) is 10.5. The van der Waals surface area contributed by atoms with Crippen molar-refractivity contribution in [2.45, 2.75) is 0 Å². The first kappa shape index (κ1) is 11.7. The molecule has 0 aliphatic heterocycles. The SMILES string of the molecule is O=C(O)c1csc(Nc2cccc3ccccc23)n1. The number of carboxylic acids is 1. The molecule has 0 unspecified atom stereocenters. The second-order valence-electron chi connectivity index (χ2n) is 3.99. The first-order valence-corrected chi connectivity index (χ1v) is 6.55. The number of hydrogen-bond donors (Lipinski definition) is 2. The fourth-order valence-electron chi connectivity index (χ4n) is 1.88. The minimum atomic E-state index is -1.01. The summed E-state index contributed by atoms with van der Waals surface area (Å²) in [7, 11) is 0. The molecule has 1 heterocycles. The smallest absolute Gasteiger partial charge is 0.355 e. The second-order valence-corrected chi connectivity index (χ2v) is 4.85. The topological polar surface area (TPSA) is 62.2 Å². The Hall–Kier alpha value is -2.40. The molecule has 94 valence electrons. The van der Waals surface area contributed by atoms with Crippen LogP contribution in [0.5, 0.6) is 0 Å². The summed E-state index contributed by atoms with van der Waals surface area (Å²) < 4.78 is 0. The Balaban J connectivity index is 1.98. The number of hydrogen-bond acceptors (Lipinski definition) is 4. The van der Waals surface area contributed by atoms with Crippen molar-refractivity contribution in [3.8, 4) is 0 Å². The number of rotatable bonds is 3. The number of nitrogens with zero attached hydrogens (tertiary/aromatic N) is 1. The van der Waals surface area contributed by atoms with Crippen molar-refractivity contribution in [3.63, 3.8) is 0 Å². The number of thiazole rings is 1. The highest BCUT2D eigenvalue weighted by molar-refractivity contribution is 7.14. The lowest BCUT2D eigenvalue weighted by molar-refractivity contribution is 0.0691. The third-order valence-corrected chi connectivity index (χ3v) is 3.51. The Morgan fingerprint density at radius 2 is 1.95 bits per heavy atom. The van der Waals surface area contributed by atoms with Gasteiger partial charge in [0, 0.05) is 16.5 Å². The number of benzene rings is 2. The highest BCUT2D eigenvalue weighted by Gasteiger charge is 2.09. The van der Waals surface area contributed by atoms with Gasteiger partial charge in [-0.15, -0.1) is 11.3 Å². The first-order valence-electron chi connectivity index (χ1n) is 5.67. The van der Waals surface area contributed by atoms with E-state index < -0.39 is 5.97 Å². The second kappa shape index (κ2) is 4.70. The van der Waals surface area contributed by atoms with Gasteiger partial charge >= 0.3 is 5.97 Å². The zero-order valence-electron chi connectivity index (χ0n) is 9.83. The molecule has 1 aromatic heterocycles. The molecular formula is C14H10N2O2S. The van der Waals surface area contributed by atoms with Gasteiger partial charge in [0.1, 0.15) is 0 Å². The fraction of sp³-hybridized carbons (Fsp3) is 0. The zero-order chi connectivity index (χ0) is 13.2. The summed E-state index contributed by atoms with van der Waals surface area (Å²) in [6, 6.07) is 13.9. The fourth-order valence-corrected chi connectivity index (χ4v) is 2.58. The molecule has 0 amide bonds. The quantitative estimate of drug-likeness (QED) is 0.761. The lowest BCUT2D eigenvalue weighted by Crippen LogP contribution is -1.97. The van der Waals surface area contributed by atoms with E-state index in [9.17, 15) is 4.79 Å². The molecule has 4 nitrogen and oxygen atoms in total. The molecule has 3 aromatic rings. The molecule has 3 rings (SSSR count). The van der Waals surface area contributed by atoms with Crippen LogP contribution in [0, 0.1) is 0 Å². The van der Waals surface area contributed by atoms with Crippen molar-refractivity contribution in [1.82, 2.24) is 4.98 Å². The molecule has 0 saturated heterocycles. The maximum atomic E-state index is 10.8. The molecule has 0 atom stereocenters. The maximum absolute atomic E-state index is 10.8. The molecule has 0 spiro atoms. The Bertz CT molecular complexity index is 747. The average molecular weight is 270 g/mol. The van der Waals surface area contributed by atoms with Crippen LogP contribution in [-0.4, -0.2) is 16.1 Å². The summed E-state index contributed by atoms with van der Waals surface area (Å²) in [5.41, 5.74) is 0.983. The number of fused-ring (bicyclic) bond motifs is 1. The van der Waals surface area contributed by atoms with Crippen LogP contribution in [0.3, 0.4) is 0 Å². The van der Waals surface area contributed by atoms with Crippen LogP contribution in [0.1, 0.15) is 10.5 Å². The standard InChI is InChI=1S/C14H10N2O2S/c17-13(18)12-8-19-14(16-12)15-11-7-3-5-9-4-1-2-6-10(9)11/h1-8H,(H,15,16)(H,17,18). The lowest BCUT2D eigenvalue weighted by atomic mass is 10.1. The van der Waals surface area contributed by atoms with Gasteiger partial charge in [-0.1, -0.05) is 36.4 Å². The van der Waals surface area contributed by atoms with Gasteiger partial charge in [0.2, 0.25) is 0 Å².